The topological polar surface area (TPSA) is 108 Å². The number of hydrogen-bond acceptors (Lipinski definition) is 7. The molecule has 4 N–H and O–H groups in total. The molecule has 1 aromatic heterocycles. The zero-order valence-electron chi connectivity index (χ0n) is 20.3. The van der Waals surface area contributed by atoms with E-state index in [1.807, 2.05) is 44.2 Å². The molecule has 8 heteroatoms. The summed E-state index contributed by atoms with van der Waals surface area (Å²) in [4.78, 5) is 16.7. The molecule has 0 bridgehead atoms. The Morgan fingerprint density at radius 3 is 2.47 bits per heavy atom. The number of nitrogens with zero attached hydrogens (tertiary/aromatic N) is 1. The van der Waals surface area contributed by atoms with E-state index in [1.165, 1.54) is 6.20 Å². The Kier molecular flexibility index (Phi) is 9.07. The van der Waals surface area contributed by atoms with E-state index in [0.29, 0.717) is 48.7 Å². The number of para-hydroxylation sites is 1. The van der Waals surface area contributed by atoms with Crippen molar-refractivity contribution in [2.45, 2.75) is 39.9 Å². The summed E-state index contributed by atoms with van der Waals surface area (Å²) >= 11 is 0. The number of nitrogens with one attached hydrogen (secondary N) is 2. The van der Waals surface area contributed by atoms with Gasteiger partial charge in [-0.1, -0.05) is 25.1 Å². The molecule has 0 fully saturated rings. The van der Waals surface area contributed by atoms with Crippen LogP contribution in [-0.4, -0.2) is 44.0 Å². The van der Waals surface area contributed by atoms with Crippen LogP contribution in [0.5, 0.6) is 5.75 Å². The fraction of sp³-hybridized carbons (Fsp3) is 0.385. The summed E-state index contributed by atoms with van der Waals surface area (Å²) in [7, 11) is 1.62. The van der Waals surface area contributed by atoms with Gasteiger partial charge in [-0.2, -0.15) is 0 Å². The highest BCUT2D eigenvalue weighted by Gasteiger charge is 2.17. The zero-order valence-corrected chi connectivity index (χ0v) is 20.3. The van der Waals surface area contributed by atoms with Crippen LogP contribution in [0.2, 0.25) is 0 Å². The molecular weight excluding hydrogens is 432 g/mol. The molecule has 0 aliphatic heterocycles. The fourth-order valence-corrected chi connectivity index (χ4v) is 3.84. The van der Waals surface area contributed by atoms with Crippen molar-refractivity contribution in [2.75, 3.05) is 37.5 Å². The zero-order chi connectivity index (χ0) is 24.5. The lowest BCUT2D eigenvalue weighted by Gasteiger charge is -2.19. The third kappa shape index (κ3) is 5.95. The molecule has 0 saturated carbocycles. The number of fused-ring (bicyclic) bond motifs is 1. The van der Waals surface area contributed by atoms with Crippen LogP contribution >= 0.6 is 0 Å². The summed E-state index contributed by atoms with van der Waals surface area (Å²) in [5.41, 5.74) is 10.2. The van der Waals surface area contributed by atoms with Gasteiger partial charge < -0.3 is 30.6 Å². The predicted molar refractivity (Wildman–Crippen MR) is 136 cm³/mol. The van der Waals surface area contributed by atoms with Crippen LogP contribution in [0.1, 0.15) is 43.1 Å². The van der Waals surface area contributed by atoms with E-state index in [4.69, 9.17) is 19.9 Å². The average molecular weight is 467 g/mol. The molecule has 34 heavy (non-hydrogen) atoms. The van der Waals surface area contributed by atoms with E-state index >= 15 is 0 Å². The summed E-state index contributed by atoms with van der Waals surface area (Å²) in [5, 5.41) is 7.61. The first-order valence-electron chi connectivity index (χ1n) is 11.6. The van der Waals surface area contributed by atoms with Gasteiger partial charge in [0.15, 0.2) is 6.29 Å². The minimum atomic E-state index is -0.549. The smallest absolute Gasteiger partial charge is 0.252 e. The summed E-state index contributed by atoms with van der Waals surface area (Å²) < 4.78 is 16.9. The van der Waals surface area contributed by atoms with E-state index < -0.39 is 5.91 Å². The van der Waals surface area contributed by atoms with Crippen molar-refractivity contribution in [3.8, 4) is 5.75 Å². The minimum absolute atomic E-state index is 0.278. The van der Waals surface area contributed by atoms with Gasteiger partial charge in [-0.25, -0.2) is 0 Å². The van der Waals surface area contributed by atoms with E-state index in [2.05, 4.69) is 28.6 Å². The lowest BCUT2D eigenvalue weighted by atomic mass is 10.1. The van der Waals surface area contributed by atoms with Gasteiger partial charge in [0, 0.05) is 49.5 Å². The second kappa shape index (κ2) is 12.2. The molecular formula is C26H34N4O4. The number of ether oxygens (including phenoxy) is 3. The number of anilines is 3. The number of carbonyl (C=O) groups is 1. The fourth-order valence-electron chi connectivity index (χ4n) is 3.84. The number of hydrogen-bond donors (Lipinski definition) is 3. The second-order valence-corrected chi connectivity index (χ2v) is 7.67. The molecule has 1 amide bonds. The van der Waals surface area contributed by atoms with Crippen LogP contribution in [0.25, 0.3) is 10.9 Å². The Labute approximate surface area is 200 Å². The van der Waals surface area contributed by atoms with Crippen molar-refractivity contribution >= 4 is 33.9 Å². The molecule has 0 radical (unpaired) electrons. The van der Waals surface area contributed by atoms with Crippen molar-refractivity contribution in [3.05, 3.63) is 53.7 Å². The van der Waals surface area contributed by atoms with Crippen molar-refractivity contribution < 1.29 is 19.0 Å². The predicted octanol–water partition coefficient (Wildman–Crippen LogP) is 4.85. The van der Waals surface area contributed by atoms with Crippen LogP contribution in [0.15, 0.2) is 42.6 Å². The van der Waals surface area contributed by atoms with Gasteiger partial charge in [0.1, 0.15) is 5.75 Å². The van der Waals surface area contributed by atoms with E-state index in [1.54, 1.807) is 7.11 Å². The van der Waals surface area contributed by atoms with Gasteiger partial charge in [0.2, 0.25) is 0 Å². The average Bonchev–Trinajstić information content (AvgIpc) is 2.84. The number of primary amides is 1. The number of benzene rings is 2. The Balaban J connectivity index is 2.01. The summed E-state index contributed by atoms with van der Waals surface area (Å²) in [6.07, 6.45) is 2.74. The van der Waals surface area contributed by atoms with Crippen LogP contribution in [0, 0.1) is 0 Å². The third-order valence-electron chi connectivity index (χ3n) is 5.51. The van der Waals surface area contributed by atoms with Gasteiger partial charge in [0.25, 0.3) is 5.91 Å². The Hall–Kier alpha value is -3.36. The molecule has 182 valence electrons. The summed E-state index contributed by atoms with van der Waals surface area (Å²) in [6, 6.07) is 11.8. The maximum atomic E-state index is 12.3. The normalized spacial score (nSPS) is 11.1. The Morgan fingerprint density at radius 1 is 1.09 bits per heavy atom. The lowest BCUT2D eigenvalue weighted by Crippen LogP contribution is -2.21. The quantitative estimate of drug-likeness (QED) is 0.309. The van der Waals surface area contributed by atoms with Crippen molar-refractivity contribution in [1.82, 2.24) is 4.98 Å². The first-order valence-corrected chi connectivity index (χ1v) is 11.6. The molecule has 0 atom stereocenters. The summed E-state index contributed by atoms with van der Waals surface area (Å²) in [6.45, 7) is 7.75. The Morgan fingerprint density at radius 2 is 1.82 bits per heavy atom. The number of rotatable bonds is 13. The van der Waals surface area contributed by atoms with Crippen LogP contribution < -0.4 is 21.1 Å². The number of carbonyl (C=O) groups excluding carboxylic acids is 1. The van der Waals surface area contributed by atoms with Crippen LogP contribution in [-0.2, 0) is 15.9 Å². The number of aryl methyl sites for hydroxylation is 1. The van der Waals surface area contributed by atoms with Crippen molar-refractivity contribution in [2.24, 2.45) is 5.73 Å². The number of amides is 1. The number of aromatic nitrogens is 1. The Bertz CT molecular complexity index is 1110. The maximum absolute atomic E-state index is 12.3. The molecule has 1 heterocycles. The number of nitrogens with two attached hydrogens (primary N) is 1. The van der Waals surface area contributed by atoms with Gasteiger partial charge >= 0.3 is 0 Å². The first kappa shape index (κ1) is 25.3. The maximum Gasteiger partial charge on any atom is 0.252 e. The minimum Gasteiger partial charge on any atom is -0.495 e. The van der Waals surface area contributed by atoms with E-state index in [0.717, 1.165) is 28.7 Å². The van der Waals surface area contributed by atoms with E-state index in [-0.39, 0.29) is 6.29 Å². The van der Waals surface area contributed by atoms with Gasteiger partial charge in [-0.05, 0) is 38.0 Å². The van der Waals surface area contributed by atoms with Gasteiger partial charge in [-0.3, -0.25) is 9.78 Å². The number of pyridine rings is 1. The molecule has 3 rings (SSSR count). The largest absolute Gasteiger partial charge is 0.495 e. The van der Waals surface area contributed by atoms with Gasteiger partial charge in [0.05, 0.1) is 29.6 Å². The number of methoxy groups -OCH3 is 1. The highest BCUT2D eigenvalue weighted by Crippen LogP contribution is 2.36. The highest BCUT2D eigenvalue weighted by molar-refractivity contribution is 6.08. The third-order valence-corrected chi connectivity index (χ3v) is 5.51. The standard InChI is InChI=1S/C26H34N4O4/c1-5-17-10-8-9-11-20(17)30-25-18-14-22(28-13-12-24(33-6-2)34-7-3)23(32-4)15-21(18)29-16-19(25)26(27)31/h8-11,14-16,24,28H,5-7,12-13H2,1-4H3,(H2,27,31)(H,29,30). The van der Waals surface area contributed by atoms with Crippen molar-refractivity contribution in [3.63, 3.8) is 0 Å². The first-order chi connectivity index (χ1) is 16.5. The summed E-state index contributed by atoms with van der Waals surface area (Å²) in [5.74, 6) is 0.101. The highest BCUT2D eigenvalue weighted by atomic mass is 16.7. The molecule has 3 aromatic rings. The SMILES string of the molecule is CCOC(CCNc1cc2c(Nc3ccccc3CC)c(C(N)=O)cnc2cc1OC)OCC. The molecule has 0 spiro atoms. The second-order valence-electron chi connectivity index (χ2n) is 7.67. The van der Waals surface area contributed by atoms with E-state index in [9.17, 15) is 4.79 Å². The van der Waals surface area contributed by atoms with Crippen molar-refractivity contribution in [1.29, 1.82) is 0 Å². The molecule has 0 unspecified atom stereocenters. The van der Waals surface area contributed by atoms with Crippen LogP contribution in [0.4, 0.5) is 17.1 Å². The lowest BCUT2D eigenvalue weighted by molar-refractivity contribution is -0.137. The van der Waals surface area contributed by atoms with Crippen LogP contribution in [0.3, 0.4) is 0 Å². The molecule has 8 nitrogen and oxygen atoms in total. The van der Waals surface area contributed by atoms with Gasteiger partial charge in [-0.15, -0.1) is 0 Å². The molecule has 0 aliphatic rings. The molecule has 0 aliphatic carbocycles. The molecule has 2 aromatic carbocycles. The monoisotopic (exact) mass is 466 g/mol. The molecule has 0 saturated heterocycles.